The van der Waals surface area contributed by atoms with Crippen LogP contribution in [0.3, 0.4) is 0 Å². The Morgan fingerprint density at radius 2 is 1.85 bits per heavy atom. The molecule has 0 spiro atoms. The number of hydrogen-bond acceptors (Lipinski definition) is 7. The molecule has 0 aromatic heterocycles. The van der Waals surface area contributed by atoms with Crippen LogP contribution >= 0.6 is 0 Å². The normalized spacial score (nSPS) is 37.4. The van der Waals surface area contributed by atoms with Crippen LogP contribution in [0.1, 0.15) is 20.3 Å². The molecule has 8 heteroatoms. The molecular formula is C12H22O8. The van der Waals surface area contributed by atoms with E-state index in [0.717, 1.165) is 0 Å². The highest BCUT2D eigenvalue weighted by atomic mass is 16.7. The Bertz CT molecular complexity index is 329. The lowest BCUT2D eigenvalue weighted by atomic mass is 9.99. The van der Waals surface area contributed by atoms with Gasteiger partial charge >= 0.3 is 5.97 Å². The highest BCUT2D eigenvalue weighted by Crippen LogP contribution is 2.24. The Labute approximate surface area is 116 Å². The van der Waals surface area contributed by atoms with Gasteiger partial charge in [-0.15, -0.1) is 0 Å². The van der Waals surface area contributed by atoms with Crippen LogP contribution in [-0.4, -0.2) is 76.4 Å². The zero-order valence-corrected chi connectivity index (χ0v) is 11.7. The summed E-state index contributed by atoms with van der Waals surface area (Å²) in [6.07, 6.45) is -7.31. The van der Waals surface area contributed by atoms with Crippen LogP contribution in [0.2, 0.25) is 0 Å². The van der Waals surface area contributed by atoms with Crippen molar-refractivity contribution in [3.63, 3.8) is 0 Å². The number of carboxylic acid groups (broad SMARTS) is 1. The number of carbonyl (C=O) groups is 1. The van der Waals surface area contributed by atoms with Gasteiger partial charge in [0.25, 0.3) is 0 Å². The fourth-order valence-corrected chi connectivity index (χ4v) is 1.75. The smallest absolute Gasteiger partial charge is 0.335 e. The molecule has 6 atom stereocenters. The molecule has 1 saturated heterocycles. The molecule has 0 aromatic carbocycles. The fourth-order valence-electron chi connectivity index (χ4n) is 1.75. The molecule has 1 rings (SSSR count). The summed E-state index contributed by atoms with van der Waals surface area (Å²) in [6.45, 7) is 3.70. The van der Waals surface area contributed by atoms with Gasteiger partial charge in [0.2, 0.25) is 0 Å². The standard InChI is InChI=1S/C12H22O8/c1-4-12(2,18-3)5-19-11-8(15)6(13)7(14)9(20-11)10(16)17/h6-9,11,13-15H,4-5H2,1-3H3,(H,16,17)/t6?,7-,8-,9?,11?,12?/m0/s1. The summed E-state index contributed by atoms with van der Waals surface area (Å²) in [5, 5.41) is 37.8. The highest BCUT2D eigenvalue weighted by Gasteiger charge is 2.47. The molecule has 0 aromatic rings. The lowest BCUT2D eigenvalue weighted by Crippen LogP contribution is -2.60. The quantitative estimate of drug-likeness (QED) is 0.477. The average molecular weight is 294 g/mol. The van der Waals surface area contributed by atoms with Crippen molar-refractivity contribution >= 4 is 5.97 Å². The predicted octanol–water partition coefficient (Wildman–Crippen LogP) is -1.29. The molecule has 4 unspecified atom stereocenters. The molecule has 4 N–H and O–H groups in total. The lowest BCUT2D eigenvalue weighted by molar-refractivity contribution is -0.302. The molecule has 0 aliphatic carbocycles. The summed E-state index contributed by atoms with van der Waals surface area (Å²) in [5.74, 6) is -1.44. The predicted molar refractivity (Wildman–Crippen MR) is 66.0 cm³/mol. The van der Waals surface area contributed by atoms with Crippen molar-refractivity contribution in [2.45, 2.75) is 56.6 Å². The van der Waals surface area contributed by atoms with Gasteiger partial charge in [-0.25, -0.2) is 4.79 Å². The third kappa shape index (κ3) is 3.66. The average Bonchev–Trinajstić information content (AvgIpc) is 2.43. The van der Waals surface area contributed by atoms with Crippen LogP contribution in [-0.2, 0) is 19.0 Å². The third-order valence-corrected chi connectivity index (χ3v) is 3.61. The van der Waals surface area contributed by atoms with Crippen molar-refractivity contribution in [2.75, 3.05) is 13.7 Å². The molecule has 20 heavy (non-hydrogen) atoms. The molecule has 118 valence electrons. The second-order valence-electron chi connectivity index (χ2n) is 5.05. The minimum Gasteiger partial charge on any atom is -0.479 e. The maximum Gasteiger partial charge on any atom is 0.335 e. The second kappa shape index (κ2) is 6.79. The van der Waals surface area contributed by atoms with E-state index >= 15 is 0 Å². The molecule has 1 fully saturated rings. The van der Waals surface area contributed by atoms with Gasteiger partial charge in [0.05, 0.1) is 12.2 Å². The summed E-state index contributed by atoms with van der Waals surface area (Å²) >= 11 is 0. The summed E-state index contributed by atoms with van der Waals surface area (Å²) in [4.78, 5) is 10.9. The Balaban J connectivity index is 2.71. The van der Waals surface area contributed by atoms with Gasteiger partial charge in [0.1, 0.15) is 18.3 Å². The SMILES string of the molecule is CCC(C)(COC1OC(C(=O)O)[C@@H](O)C(O)[C@@H]1O)OC. The van der Waals surface area contributed by atoms with Crippen LogP contribution in [0, 0.1) is 0 Å². The number of hydrogen-bond donors (Lipinski definition) is 4. The first kappa shape index (κ1) is 17.3. The van der Waals surface area contributed by atoms with E-state index in [0.29, 0.717) is 6.42 Å². The molecule has 8 nitrogen and oxygen atoms in total. The summed E-state index contributed by atoms with van der Waals surface area (Å²) in [7, 11) is 1.50. The molecule has 1 aliphatic heterocycles. The molecular weight excluding hydrogens is 272 g/mol. The van der Waals surface area contributed by atoms with Crippen LogP contribution in [0.15, 0.2) is 0 Å². The van der Waals surface area contributed by atoms with Crippen molar-refractivity contribution in [3.8, 4) is 0 Å². The van der Waals surface area contributed by atoms with Gasteiger partial charge in [-0.2, -0.15) is 0 Å². The maximum atomic E-state index is 10.9. The number of ether oxygens (including phenoxy) is 3. The van der Waals surface area contributed by atoms with Crippen LogP contribution in [0.5, 0.6) is 0 Å². The van der Waals surface area contributed by atoms with E-state index in [-0.39, 0.29) is 6.61 Å². The largest absolute Gasteiger partial charge is 0.479 e. The number of methoxy groups -OCH3 is 1. The first-order chi connectivity index (χ1) is 9.25. The van der Waals surface area contributed by atoms with Crippen LogP contribution in [0.4, 0.5) is 0 Å². The van der Waals surface area contributed by atoms with Crippen LogP contribution in [0.25, 0.3) is 0 Å². The molecule has 1 heterocycles. The fraction of sp³-hybridized carbons (Fsp3) is 0.917. The van der Waals surface area contributed by atoms with Crippen molar-refractivity contribution < 1.29 is 39.4 Å². The van der Waals surface area contributed by atoms with Gasteiger partial charge < -0.3 is 34.6 Å². The Kier molecular flexibility index (Phi) is 5.87. The van der Waals surface area contributed by atoms with E-state index in [1.54, 1.807) is 6.92 Å². The van der Waals surface area contributed by atoms with Crippen LogP contribution < -0.4 is 0 Å². The van der Waals surface area contributed by atoms with E-state index in [1.165, 1.54) is 7.11 Å². The van der Waals surface area contributed by atoms with Crippen molar-refractivity contribution in [1.82, 2.24) is 0 Å². The number of rotatable bonds is 6. The zero-order valence-electron chi connectivity index (χ0n) is 11.7. The van der Waals surface area contributed by atoms with Gasteiger partial charge in [0, 0.05) is 7.11 Å². The topological polar surface area (TPSA) is 126 Å². The monoisotopic (exact) mass is 294 g/mol. The Morgan fingerprint density at radius 3 is 2.30 bits per heavy atom. The van der Waals surface area contributed by atoms with Crippen molar-refractivity contribution in [3.05, 3.63) is 0 Å². The molecule has 0 amide bonds. The summed E-state index contributed by atoms with van der Waals surface area (Å²) in [5.41, 5.74) is -0.622. The van der Waals surface area contributed by atoms with E-state index in [1.807, 2.05) is 6.92 Å². The second-order valence-corrected chi connectivity index (χ2v) is 5.05. The number of aliphatic hydroxyl groups is 3. The van der Waals surface area contributed by atoms with Crippen molar-refractivity contribution in [2.24, 2.45) is 0 Å². The maximum absolute atomic E-state index is 10.9. The highest BCUT2D eigenvalue weighted by molar-refractivity contribution is 5.73. The van der Waals surface area contributed by atoms with E-state index < -0.39 is 42.3 Å². The van der Waals surface area contributed by atoms with E-state index in [2.05, 4.69) is 0 Å². The minimum atomic E-state index is -1.72. The number of aliphatic carboxylic acids is 1. The minimum absolute atomic E-state index is 0.0386. The Morgan fingerprint density at radius 1 is 1.25 bits per heavy atom. The van der Waals surface area contributed by atoms with Gasteiger partial charge in [0.15, 0.2) is 12.4 Å². The molecule has 0 bridgehead atoms. The molecule has 0 radical (unpaired) electrons. The summed E-state index contributed by atoms with van der Waals surface area (Å²) < 4.78 is 15.5. The molecule has 0 saturated carbocycles. The summed E-state index contributed by atoms with van der Waals surface area (Å²) in [6, 6.07) is 0. The van der Waals surface area contributed by atoms with Gasteiger partial charge in [-0.05, 0) is 13.3 Å². The van der Waals surface area contributed by atoms with E-state index in [4.69, 9.17) is 19.3 Å². The Hall–Kier alpha value is -0.770. The number of carboxylic acids is 1. The lowest BCUT2D eigenvalue weighted by Gasteiger charge is -2.39. The van der Waals surface area contributed by atoms with Gasteiger partial charge in [-0.1, -0.05) is 6.92 Å². The first-order valence-corrected chi connectivity index (χ1v) is 6.35. The van der Waals surface area contributed by atoms with Gasteiger partial charge in [-0.3, -0.25) is 0 Å². The van der Waals surface area contributed by atoms with Crippen molar-refractivity contribution in [1.29, 1.82) is 0 Å². The number of aliphatic hydroxyl groups excluding tert-OH is 3. The molecule has 1 aliphatic rings. The zero-order chi connectivity index (χ0) is 15.5. The van der Waals surface area contributed by atoms with E-state index in [9.17, 15) is 20.1 Å². The first-order valence-electron chi connectivity index (χ1n) is 6.35. The third-order valence-electron chi connectivity index (χ3n) is 3.61.